The molecule has 4 heteroatoms. The van der Waals surface area contributed by atoms with Gasteiger partial charge >= 0.3 is 11.9 Å². The quantitative estimate of drug-likeness (QED) is 0.286. The number of rotatable bonds is 8. The molecule has 39 heavy (non-hydrogen) atoms. The average molecular weight is 545 g/mol. The highest BCUT2D eigenvalue weighted by Crippen LogP contribution is 2.67. The van der Waals surface area contributed by atoms with Crippen LogP contribution in [0.1, 0.15) is 146 Å². The van der Waals surface area contributed by atoms with Crippen LogP contribution in [0.15, 0.2) is 0 Å². The van der Waals surface area contributed by atoms with Crippen molar-refractivity contribution in [1.29, 1.82) is 0 Å². The van der Waals surface area contributed by atoms with E-state index in [1.54, 1.807) is 0 Å². The van der Waals surface area contributed by atoms with E-state index < -0.39 is 0 Å². The van der Waals surface area contributed by atoms with Gasteiger partial charge in [0, 0.05) is 5.92 Å². The van der Waals surface area contributed by atoms with Crippen molar-refractivity contribution >= 4 is 11.9 Å². The summed E-state index contributed by atoms with van der Waals surface area (Å²) in [6, 6.07) is 0. The Morgan fingerprint density at radius 3 is 1.95 bits per heavy atom. The topological polar surface area (TPSA) is 52.6 Å². The molecule has 0 amide bonds. The van der Waals surface area contributed by atoms with Crippen molar-refractivity contribution in [3.63, 3.8) is 0 Å². The average Bonchev–Trinajstić information content (AvgIpc) is 3.68. The molecule has 0 spiro atoms. The summed E-state index contributed by atoms with van der Waals surface area (Å²) in [4.78, 5) is 24.9. The first-order chi connectivity index (χ1) is 18.2. The van der Waals surface area contributed by atoms with Gasteiger partial charge in [0.05, 0.1) is 10.8 Å². The van der Waals surface area contributed by atoms with Crippen molar-refractivity contribution in [3.05, 3.63) is 0 Å². The molecular formula is C35H60O4. The second kappa shape index (κ2) is 11.3. The normalized spacial score (nSPS) is 36.4. The minimum atomic E-state index is -0.343. The summed E-state index contributed by atoms with van der Waals surface area (Å²) in [5.41, 5.74) is -0.991. The Bertz CT molecular complexity index is 881. The van der Waals surface area contributed by atoms with Crippen molar-refractivity contribution in [2.75, 3.05) is 0 Å². The summed E-state index contributed by atoms with van der Waals surface area (Å²) in [5, 5.41) is 0. The first-order valence-electron chi connectivity index (χ1n) is 16.7. The minimum Gasteiger partial charge on any atom is -0.458 e. The van der Waals surface area contributed by atoms with Crippen molar-refractivity contribution in [3.8, 4) is 0 Å². The third-order valence-electron chi connectivity index (χ3n) is 12.7. The molecule has 7 unspecified atom stereocenters. The van der Waals surface area contributed by atoms with Gasteiger partial charge in [0.2, 0.25) is 0 Å². The third kappa shape index (κ3) is 5.70. The van der Waals surface area contributed by atoms with Gasteiger partial charge in [-0.15, -0.1) is 0 Å². The van der Waals surface area contributed by atoms with E-state index in [2.05, 4.69) is 27.7 Å². The minimum absolute atomic E-state index is 0.0226. The standard InChI is InChI=1S/C21H34O2.C14H26O2/c1-5-20(3,4)19(22)23-21(6-2)12-15-11-17(21)16-10-13-7-8-14(9-13)18(15)16;1-6-13(4,5)12(15)16-14(11(2)3)9-7-8-10-14/h13-18H,5-12H2,1-4H3;11H,6-10H2,1-5H3. The molecule has 0 saturated heterocycles. The van der Waals surface area contributed by atoms with Crippen LogP contribution in [0.5, 0.6) is 0 Å². The van der Waals surface area contributed by atoms with Crippen LogP contribution in [0.3, 0.4) is 0 Å². The highest BCUT2D eigenvalue weighted by Gasteiger charge is 2.64. The lowest BCUT2D eigenvalue weighted by Gasteiger charge is -2.48. The molecule has 224 valence electrons. The molecule has 5 saturated carbocycles. The second-order valence-electron chi connectivity index (χ2n) is 15.8. The van der Waals surface area contributed by atoms with Crippen molar-refractivity contribution < 1.29 is 19.1 Å². The SMILES string of the molecule is CCC(C)(C)C(=O)OC1(C(C)C)CCCC1.CCC(C)(C)C(=O)OC1(CC)CC2CC1C1CC3CCC(C3)C21. The van der Waals surface area contributed by atoms with Crippen LogP contribution in [0, 0.1) is 52.3 Å². The molecule has 0 aliphatic heterocycles. The van der Waals surface area contributed by atoms with E-state index in [0.717, 1.165) is 68.1 Å². The number of ether oxygens (including phenoxy) is 2. The van der Waals surface area contributed by atoms with Gasteiger partial charge in [0.1, 0.15) is 11.2 Å². The fourth-order valence-corrected chi connectivity index (χ4v) is 9.11. The zero-order valence-electron chi connectivity index (χ0n) is 26.9. The fraction of sp³-hybridized carbons (Fsp3) is 0.943. The van der Waals surface area contributed by atoms with Crippen molar-refractivity contribution in [2.24, 2.45) is 52.3 Å². The Balaban J connectivity index is 0.000000195. The van der Waals surface area contributed by atoms with Crippen LogP contribution in [-0.2, 0) is 19.1 Å². The molecule has 4 bridgehead atoms. The van der Waals surface area contributed by atoms with Crippen LogP contribution >= 0.6 is 0 Å². The fourth-order valence-electron chi connectivity index (χ4n) is 9.11. The summed E-state index contributed by atoms with van der Waals surface area (Å²) in [7, 11) is 0. The van der Waals surface area contributed by atoms with Gasteiger partial charge in [-0.25, -0.2) is 0 Å². The third-order valence-corrected chi connectivity index (χ3v) is 12.7. The maximum Gasteiger partial charge on any atom is 0.312 e. The van der Waals surface area contributed by atoms with Gasteiger partial charge in [-0.2, -0.15) is 0 Å². The lowest BCUT2D eigenvalue weighted by Crippen LogP contribution is -2.49. The van der Waals surface area contributed by atoms with Gasteiger partial charge in [0.25, 0.3) is 0 Å². The highest BCUT2D eigenvalue weighted by molar-refractivity contribution is 5.76. The van der Waals surface area contributed by atoms with E-state index in [1.807, 2.05) is 34.6 Å². The molecule has 0 radical (unpaired) electrons. The second-order valence-corrected chi connectivity index (χ2v) is 15.8. The Kier molecular flexibility index (Phi) is 8.96. The first-order valence-corrected chi connectivity index (χ1v) is 16.7. The maximum atomic E-state index is 12.8. The highest BCUT2D eigenvalue weighted by atomic mass is 16.6. The lowest BCUT2D eigenvalue weighted by molar-refractivity contribution is -0.184. The van der Waals surface area contributed by atoms with E-state index in [0.29, 0.717) is 11.8 Å². The molecule has 0 N–H and O–H groups in total. The van der Waals surface area contributed by atoms with Gasteiger partial charge in [0.15, 0.2) is 0 Å². The molecular weight excluding hydrogens is 484 g/mol. The predicted octanol–water partition coefficient (Wildman–Crippen LogP) is 9.14. The van der Waals surface area contributed by atoms with Gasteiger partial charge in [-0.05, 0) is 140 Å². The number of carbonyl (C=O) groups is 2. The largest absolute Gasteiger partial charge is 0.458 e. The molecule has 5 aliphatic rings. The first kappa shape index (κ1) is 30.9. The van der Waals surface area contributed by atoms with E-state index in [4.69, 9.17) is 9.47 Å². The molecule has 5 fully saturated rings. The molecule has 4 nitrogen and oxygen atoms in total. The van der Waals surface area contributed by atoms with Crippen LogP contribution in [0.4, 0.5) is 0 Å². The Hall–Kier alpha value is -1.06. The van der Waals surface area contributed by atoms with E-state index in [-0.39, 0.29) is 34.0 Å². The predicted molar refractivity (Wildman–Crippen MR) is 158 cm³/mol. The number of esters is 2. The van der Waals surface area contributed by atoms with E-state index in [1.165, 1.54) is 44.9 Å². The van der Waals surface area contributed by atoms with Crippen LogP contribution in [0.2, 0.25) is 0 Å². The Labute approximate surface area is 240 Å². The summed E-state index contributed by atoms with van der Waals surface area (Å²) >= 11 is 0. The van der Waals surface area contributed by atoms with Crippen LogP contribution in [-0.4, -0.2) is 23.1 Å². The smallest absolute Gasteiger partial charge is 0.312 e. The van der Waals surface area contributed by atoms with Crippen LogP contribution < -0.4 is 0 Å². The summed E-state index contributed by atoms with van der Waals surface area (Å²) in [6.07, 6.45) is 15.5. The molecule has 0 heterocycles. The molecule has 7 atom stereocenters. The number of hydrogen-bond acceptors (Lipinski definition) is 4. The van der Waals surface area contributed by atoms with Crippen molar-refractivity contribution in [2.45, 2.75) is 157 Å². The maximum absolute atomic E-state index is 12.8. The number of carbonyl (C=O) groups excluding carboxylic acids is 2. The van der Waals surface area contributed by atoms with Gasteiger partial charge in [-0.3, -0.25) is 9.59 Å². The Morgan fingerprint density at radius 1 is 0.821 bits per heavy atom. The zero-order valence-corrected chi connectivity index (χ0v) is 26.9. The van der Waals surface area contributed by atoms with E-state index in [9.17, 15) is 9.59 Å². The van der Waals surface area contributed by atoms with E-state index >= 15 is 0 Å². The van der Waals surface area contributed by atoms with Gasteiger partial charge < -0.3 is 9.47 Å². The molecule has 5 rings (SSSR count). The number of hydrogen-bond donors (Lipinski definition) is 0. The molecule has 0 aromatic rings. The summed E-state index contributed by atoms with van der Waals surface area (Å²) < 4.78 is 12.2. The Morgan fingerprint density at radius 2 is 1.41 bits per heavy atom. The van der Waals surface area contributed by atoms with Crippen molar-refractivity contribution in [1.82, 2.24) is 0 Å². The molecule has 0 aromatic carbocycles. The summed E-state index contributed by atoms with van der Waals surface area (Å²) in [5.74, 6) is 5.76. The lowest BCUT2D eigenvalue weighted by atomic mass is 9.61. The van der Waals surface area contributed by atoms with Crippen LogP contribution in [0.25, 0.3) is 0 Å². The molecule has 0 aromatic heterocycles. The monoisotopic (exact) mass is 544 g/mol. The molecule has 5 aliphatic carbocycles. The van der Waals surface area contributed by atoms with Gasteiger partial charge in [-0.1, -0.05) is 41.0 Å². The summed E-state index contributed by atoms with van der Waals surface area (Å²) in [6.45, 7) is 18.7. The number of fused-ring (bicyclic) bond motifs is 8. The zero-order chi connectivity index (χ0) is 28.8.